The van der Waals surface area contributed by atoms with Gasteiger partial charge in [0.05, 0.1) is 31.0 Å². The third-order valence-electron chi connectivity index (χ3n) is 5.08. The van der Waals surface area contributed by atoms with Crippen molar-refractivity contribution in [3.8, 4) is 17.0 Å². The number of halogens is 3. The number of alkyl halides is 3. The van der Waals surface area contributed by atoms with Crippen molar-refractivity contribution in [1.29, 1.82) is 0 Å². The van der Waals surface area contributed by atoms with Gasteiger partial charge in [-0.3, -0.25) is 0 Å². The number of benzene rings is 2. The molecule has 3 aromatic rings. The van der Waals surface area contributed by atoms with E-state index in [0.29, 0.717) is 26.2 Å². The highest BCUT2D eigenvalue weighted by Crippen LogP contribution is 2.29. The first kappa shape index (κ1) is 20.4. The number of rotatable bonds is 6. The Morgan fingerprint density at radius 3 is 2.53 bits per heavy atom. The molecule has 0 fully saturated rings. The van der Waals surface area contributed by atoms with Crippen LogP contribution in [0.2, 0.25) is 0 Å². The van der Waals surface area contributed by atoms with Gasteiger partial charge in [0.15, 0.2) is 0 Å². The Bertz CT molecular complexity index is 982. The summed E-state index contributed by atoms with van der Waals surface area (Å²) in [5.41, 5.74) is 2.05. The van der Waals surface area contributed by atoms with E-state index < -0.39 is 11.7 Å². The Labute approximate surface area is 172 Å². The monoisotopic (exact) mass is 417 g/mol. The summed E-state index contributed by atoms with van der Waals surface area (Å²) in [6.45, 7) is 2.16. The lowest BCUT2D eigenvalue weighted by atomic mass is 10.1. The summed E-state index contributed by atoms with van der Waals surface area (Å²) in [5.74, 6) is 1.67. The van der Waals surface area contributed by atoms with E-state index in [-0.39, 0.29) is 6.10 Å². The lowest BCUT2D eigenvalue weighted by Gasteiger charge is -2.24. The molecule has 0 spiro atoms. The molecule has 0 saturated carbocycles. The molecule has 8 heteroatoms. The van der Waals surface area contributed by atoms with Crippen LogP contribution < -0.4 is 10.1 Å². The Hall–Kier alpha value is -2.84. The minimum absolute atomic E-state index is 0.0372. The summed E-state index contributed by atoms with van der Waals surface area (Å²) in [4.78, 5) is 4.65. The molecule has 4 rings (SSSR count). The van der Waals surface area contributed by atoms with E-state index >= 15 is 0 Å². The maximum absolute atomic E-state index is 12.6. The number of hydrogen-bond acceptors (Lipinski definition) is 4. The molecule has 30 heavy (non-hydrogen) atoms. The van der Waals surface area contributed by atoms with Crippen molar-refractivity contribution < 1.29 is 22.6 Å². The molecule has 0 bridgehead atoms. The van der Waals surface area contributed by atoms with Crippen molar-refractivity contribution in [3.05, 3.63) is 71.7 Å². The lowest BCUT2D eigenvalue weighted by Crippen LogP contribution is -2.35. The number of hydrogen-bond donors (Lipinski definition) is 1. The molecule has 0 saturated heterocycles. The van der Waals surface area contributed by atoms with Gasteiger partial charge in [-0.05, 0) is 42.0 Å². The first-order chi connectivity index (χ1) is 14.4. The zero-order valence-electron chi connectivity index (χ0n) is 16.4. The SMILES string of the molecule is COc1ccc(-c2cn3c(n2)CO[C@@H](CNCc2ccc(C(F)(F)F)cc2)C3)cc1. The number of imidazole rings is 1. The molecule has 2 heterocycles. The quantitative estimate of drug-likeness (QED) is 0.651. The van der Waals surface area contributed by atoms with Crippen molar-refractivity contribution in [3.63, 3.8) is 0 Å². The second kappa shape index (κ2) is 8.49. The third kappa shape index (κ3) is 4.66. The van der Waals surface area contributed by atoms with Gasteiger partial charge in [0.2, 0.25) is 0 Å². The van der Waals surface area contributed by atoms with Gasteiger partial charge in [0.25, 0.3) is 0 Å². The minimum atomic E-state index is -4.31. The smallest absolute Gasteiger partial charge is 0.416 e. The standard InChI is InChI=1S/C22H22F3N3O2/c1-29-18-8-4-16(5-9-18)20-13-28-12-19(30-14-21(28)27-20)11-26-10-15-2-6-17(7-3-15)22(23,24)25/h2-9,13,19,26H,10-12,14H2,1H3/t19-/m0/s1. The summed E-state index contributed by atoms with van der Waals surface area (Å²) in [7, 11) is 1.63. The van der Waals surface area contributed by atoms with E-state index in [1.807, 2.05) is 30.5 Å². The van der Waals surface area contributed by atoms with Crippen LogP contribution in [0.3, 0.4) is 0 Å². The second-order valence-corrected chi connectivity index (χ2v) is 7.18. The maximum atomic E-state index is 12.6. The largest absolute Gasteiger partial charge is 0.497 e. The van der Waals surface area contributed by atoms with E-state index in [0.717, 1.165) is 40.5 Å². The molecule has 1 N–H and O–H groups in total. The van der Waals surface area contributed by atoms with Crippen molar-refractivity contribution in [2.24, 2.45) is 0 Å². The molecule has 5 nitrogen and oxygen atoms in total. The van der Waals surface area contributed by atoms with Gasteiger partial charge in [0.1, 0.15) is 18.2 Å². The fraction of sp³-hybridized carbons (Fsp3) is 0.318. The van der Waals surface area contributed by atoms with Gasteiger partial charge in [-0.15, -0.1) is 0 Å². The molecular weight excluding hydrogens is 395 g/mol. The minimum Gasteiger partial charge on any atom is -0.497 e. The number of fused-ring (bicyclic) bond motifs is 1. The van der Waals surface area contributed by atoms with Crippen LogP contribution in [0.25, 0.3) is 11.3 Å². The highest BCUT2D eigenvalue weighted by molar-refractivity contribution is 5.59. The summed E-state index contributed by atoms with van der Waals surface area (Å²) in [6.07, 6.45) is -2.33. The van der Waals surface area contributed by atoms with Crippen LogP contribution in [-0.2, 0) is 30.6 Å². The van der Waals surface area contributed by atoms with E-state index in [1.54, 1.807) is 7.11 Å². The molecule has 1 aliphatic rings. The summed E-state index contributed by atoms with van der Waals surface area (Å²) >= 11 is 0. The van der Waals surface area contributed by atoms with Crippen molar-refractivity contribution in [2.75, 3.05) is 13.7 Å². The zero-order chi connectivity index (χ0) is 21.1. The maximum Gasteiger partial charge on any atom is 0.416 e. The van der Waals surface area contributed by atoms with Gasteiger partial charge in [-0.25, -0.2) is 4.98 Å². The average Bonchev–Trinajstić information content (AvgIpc) is 3.17. The molecular formula is C22H22F3N3O2. The van der Waals surface area contributed by atoms with Gasteiger partial charge in [0, 0.05) is 24.8 Å². The average molecular weight is 417 g/mol. The van der Waals surface area contributed by atoms with Gasteiger partial charge in [-0.1, -0.05) is 12.1 Å². The normalized spacial score (nSPS) is 16.3. The zero-order valence-corrected chi connectivity index (χ0v) is 16.4. The molecule has 0 radical (unpaired) electrons. The van der Waals surface area contributed by atoms with Crippen LogP contribution in [0.5, 0.6) is 5.75 Å². The molecule has 0 amide bonds. The first-order valence-corrected chi connectivity index (χ1v) is 9.61. The molecule has 1 aromatic heterocycles. The van der Waals surface area contributed by atoms with Gasteiger partial charge < -0.3 is 19.4 Å². The first-order valence-electron chi connectivity index (χ1n) is 9.61. The summed E-state index contributed by atoms with van der Waals surface area (Å²) in [5, 5.41) is 3.26. The van der Waals surface area contributed by atoms with E-state index in [1.165, 1.54) is 12.1 Å². The Balaban J connectivity index is 1.31. The van der Waals surface area contributed by atoms with Crippen molar-refractivity contribution in [1.82, 2.24) is 14.9 Å². The molecule has 0 unspecified atom stereocenters. The number of ether oxygens (including phenoxy) is 2. The van der Waals surface area contributed by atoms with Crippen LogP contribution in [0.4, 0.5) is 13.2 Å². The van der Waals surface area contributed by atoms with E-state index in [4.69, 9.17) is 9.47 Å². The van der Waals surface area contributed by atoms with Crippen LogP contribution in [0, 0.1) is 0 Å². The molecule has 1 atom stereocenters. The van der Waals surface area contributed by atoms with Crippen LogP contribution in [0.15, 0.2) is 54.7 Å². The highest BCUT2D eigenvalue weighted by Gasteiger charge is 2.29. The van der Waals surface area contributed by atoms with Crippen LogP contribution in [-0.4, -0.2) is 29.3 Å². The van der Waals surface area contributed by atoms with E-state index in [9.17, 15) is 13.2 Å². The number of methoxy groups -OCH3 is 1. The van der Waals surface area contributed by atoms with Crippen molar-refractivity contribution >= 4 is 0 Å². The Morgan fingerprint density at radius 1 is 1.13 bits per heavy atom. The van der Waals surface area contributed by atoms with Crippen molar-refractivity contribution in [2.45, 2.75) is 32.0 Å². The molecule has 1 aliphatic heterocycles. The number of aromatic nitrogens is 2. The molecule has 2 aromatic carbocycles. The van der Waals surface area contributed by atoms with Gasteiger partial charge >= 0.3 is 6.18 Å². The molecule has 0 aliphatic carbocycles. The highest BCUT2D eigenvalue weighted by atomic mass is 19.4. The van der Waals surface area contributed by atoms with Gasteiger partial charge in [-0.2, -0.15) is 13.2 Å². The van der Waals surface area contributed by atoms with Crippen LogP contribution in [0.1, 0.15) is 17.0 Å². The van der Waals surface area contributed by atoms with E-state index in [2.05, 4.69) is 14.9 Å². The predicted molar refractivity (Wildman–Crippen MR) is 106 cm³/mol. The Kier molecular flexibility index (Phi) is 5.78. The summed E-state index contributed by atoms with van der Waals surface area (Å²) < 4.78 is 51.1. The summed E-state index contributed by atoms with van der Waals surface area (Å²) in [6, 6.07) is 12.9. The third-order valence-corrected chi connectivity index (χ3v) is 5.08. The fourth-order valence-corrected chi connectivity index (χ4v) is 3.41. The second-order valence-electron chi connectivity index (χ2n) is 7.18. The topological polar surface area (TPSA) is 48.3 Å². The van der Waals surface area contributed by atoms with Crippen LogP contribution >= 0.6 is 0 Å². The Morgan fingerprint density at radius 2 is 1.87 bits per heavy atom. The number of nitrogens with one attached hydrogen (secondary N) is 1. The predicted octanol–water partition coefficient (Wildman–Crippen LogP) is 4.27. The molecule has 158 valence electrons. The fourth-order valence-electron chi connectivity index (χ4n) is 3.41. The lowest BCUT2D eigenvalue weighted by molar-refractivity contribution is -0.137. The number of nitrogens with zero attached hydrogens (tertiary/aromatic N) is 2.